The van der Waals surface area contributed by atoms with Crippen molar-refractivity contribution in [2.45, 2.75) is 6.42 Å². The summed E-state index contributed by atoms with van der Waals surface area (Å²) in [6.45, 7) is 2.60. The van der Waals surface area contributed by atoms with Crippen LogP contribution in [0.4, 0.5) is 0 Å². The Kier molecular flexibility index (Phi) is 6.23. The summed E-state index contributed by atoms with van der Waals surface area (Å²) in [4.78, 5) is 37.0. The molecule has 1 fully saturated rings. The van der Waals surface area contributed by atoms with E-state index in [2.05, 4.69) is 5.32 Å². The van der Waals surface area contributed by atoms with Crippen LogP contribution in [0, 0.1) is 0 Å². The van der Waals surface area contributed by atoms with E-state index < -0.39 is 11.8 Å². The summed E-state index contributed by atoms with van der Waals surface area (Å²) in [5.74, 6) is -1.30. The number of carbonyl (C=O) groups is 3. The lowest BCUT2D eigenvalue weighted by Gasteiger charge is -2.24. The molecule has 1 heterocycles. The van der Waals surface area contributed by atoms with Gasteiger partial charge in [-0.05, 0) is 13.0 Å². The fourth-order valence-electron chi connectivity index (χ4n) is 1.99. The molecule has 1 saturated heterocycles. The number of hydrogen-bond acceptors (Lipinski definition) is 5. The van der Waals surface area contributed by atoms with Gasteiger partial charge in [0.25, 0.3) is 0 Å². The maximum Gasteiger partial charge on any atom is 0.236 e. The fourth-order valence-corrected chi connectivity index (χ4v) is 1.99. The van der Waals surface area contributed by atoms with Crippen molar-refractivity contribution in [1.82, 2.24) is 15.1 Å². The molecule has 0 aromatic heterocycles. The molecule has 0 radical (unpaired) electrons. The monoisotopic (exact) mass is 271 g/mol. The number of rotatable bonds is 6. The maximum absolute atomic E-state index is 12.1. The van der Waals surface area contributed by atoms with E-state index in [0.29, 0.717) is 13.1 Å². The third-order valence-corrected chi connectivity index (χ3v) is 2.81. The summed E-state index contributed by atoms with van der Waals surface area (Å²) in [6.07, 6.45) is 0.886. The molecule has 19 heavy (non-hydrogen) atoms. The molecule has 0 aliphatic carbocycles. The van der Waals surface area contributed by atoms with Gasteiger partial charge in [0.1, 0.15) is 0 Å². The van der Waals surface area contributed by atoms with Gasteiger partial charge in [-0.25, -0.2) is 0 Å². The van der Waals surface area contributed by atoms with E-state index in [-0.39, 0.29) is 25.5 Å². The lowest BCUT2D eigenvalue weighted by atomic mass is 10.3. The Morgan fingerprint density at radius 3 is 2.21 bits per heavy atom. The Morgan fingerprint density at radius 1 is 1.00 bits per heavy atom. The largest absolute Gasteiger partial charge is 0.369 e. The molecule has 3 amide bonds. The van der Waals surface area contributed by atoms with Gasteiger partial charge < -0.3 is 21.7 Å². The number of nitrogens with two attached hydrogens (primary N) is 2. The summed E-state index contributed by atoms with van der Waals surface area (Å²) in [5.41, 5.74) is 10.2. The molecular formula is C11H21N5O3. The van der Waals surface area contributed by atoms with Crippen LogP contribution in [0.5, 0.6) is 0 Å². The molecule has 0 unspecified atom stereocenters. The van der Waals surface area contributed by atoms with E-state index in [9.17, 15) is 14.4 Å². The highest BCUT2D eigenvalue weighted by Crippen LogP contribution is 1.98. The molecule has 1 aliphatic rings. The number of nitrogens with one attached hydrogen (secondary N) is 1. The van der Waals surface area contributed by atoms with Crippen molar-refractivity contribution in [3.8, 4) is 0 Å². The minimum absolute atomic E-state index is 0.0219. The lowest BCUT2D eigenvalue weighted by molar-refractivity contribution is -0.133. The second-order valence-corrected chi connectivity index (χ2v) is 4.56. The van der Waals surface area contributed by atoms with Crippen molar-refractivity contribution in [3.63, 3.8) is 0 Å². The summed E-state index contributed by atoms with van der Waals surface area (Å²) >= 11 is 0. The van der Waals surface area contributed by atoms with Gasteiger partial charge in [0.15, 0.2) is 0 Å². The van der Waals surface area contributed by atoms with E-state index in [0.717, 1.165) is 19.5 Å². The molecule has 5 N–H and O–H groups in total. The predicted octanol–water partition coefficient (Wildman–Crippen LogP) is -2.92. The number of primary amides is 2. The van der Waals surface area contributed by atoms with Crippen LogP contribution in [0.15, 0.2) is 0 Å². The maximum atomic E-state index is 12.1. The van der Waals surface area contributed by atoms with E-state index in [1.54, 1.807) is 4.90 Å². The molecule has 8 heteroatoms. The molecular weight excluding hydrogens is 250 g/mol. The Labute approximate surface area is 112 Å². The van der Waals surface area contributed by atoms with Crippen molar-refractivity contribution >= 4 is 17.7 Å². The van der Waals surface area contributed by atoms with Crippen LogP contribution in [0.25, 0.3) is 0 Å². The summed E-state index contributed by atoms with van der Waals surface area (Å²) < 4.78 is 0. The standard InChI is InChI=1S/C11H21N5O3/c12-9(17)6-15(7-10(13)18)8-11(19)16-4-1-2-14-3-5-16/h14H,1-8H2,(H2,12,17)(H2,13,18). The highest BCUT2D eigenvalue weighted by atomic mass is 16.2. The number of carbonyl (C=O) groups excluding carboxylic acids is 3. The molecule has 0 bridgehead atoms. The summed E-state index contributed by atoms with van der Waals surface area (Å²) in [6, 6.07) is 0. The zero-order chi connectivity index (χ0) is 14.3. The Hall–Kier alpha value is -1.67. The van der Waals surface area contributed by atoms with Crippen molar-refractivity contribution in [2.24, 2.45) is 11.5 Å². The second kappa shape index (κ2) is 7.70. The van der Waals surface area contributed by atoms with Gasteiger partial charge in [0, 0.05) is 19.6 Å². The highest BCUT2D eigenvalue weighted by Gasteiger charge is 2.20. The van der Waals surface area contributed by atoms with Crippen LogP contribution in [-0.2, 0) is 14.4 Å². The van der Waals surface area contributed by atoms with Crippen molar-refractivity contribution in [1.29, 1.82) is 0 Å². The molecule has 0 atom stereocenters. The molecule has 0 spiro atoms. The first-order valence-corrected chi connectivity index (χ1v) is 6.26. The summed E-state index contributed by atoms with van der Waals surface area (Å²) in [5, 5.41) is 3.19. The van der Waals surface area contributed by atoms with E-state index in [4.69, 9.17) is 11.5 Å². The molecule has 8 nitrogen and oxygen atoms in total. The minimum atomic E-state index is -0.591. The van der Waals surface area contributed by atoms with Crippen molar-refractivity contribution in [3.05, 3.63) is 0 Å². The van der Waals surface area contributed by atoms with Crippen LogP contribution < -0.4 is 16.8 Å². The highest BCUT2D eigenvalue weighted by molar-refractivity contribution is 5.82. The molecule has 0 aromatic rings. The van der Waals surface area contributed by atoms with Gasteiger partial charge in [0.05, 0.1) is 19.6 Å². The minimum Gasteiger partial charge on any atom is -0.369 e. The Morgan fingerprint density at radius 2 is 1.63 bits per heavy atom. The molecule has 108 valence electrons. The number of hydrogen-bond donors (Lipinski definition) is 3. The first kappa shape index (κ1) is 15.4. The quantitative estimate of drug-likeness (QED) is 0.478. The van der Waals surface area contributed by atoms with Gasteiger partial charge in [-0.3, -0.25) is 19.3 Å². The van der Waals surface area contributed by atoms with Gasteiger partial charge in [-0.2, -0.15) is 0 Å². The lowest BCUT2D eigenvalue weighted by Crippen LogP contribution is -2.47. The Bertz CT molecular complexity index is 323. The topological polar surface area (TPSA) is 122 Å². The molecule has 1 rings (SSSR count). The Balaban J connectivity index is 2.53. The number of nitrogens with zero attached hydrogens (tertiary/aromatic N) is 2. The predicted molar refractivity (Wildman–Crippen MR) is 68.9 cm³/mol. The van der Waals surface area contributed by atoms with Crippen LogP contribution in [-0.4, -0.2) is 73.3 Å². The van der Waals surface area contributed by atoms with Crippen LogP contribution >= 0.6 is 0 Å². The first-order chi connectivity index (χ1) is 8.99. The average molecular weight is 271 g/mol. The van der Waals surface area contributed by atoms with Crippen molar-refractivity contribution in [2.75, 3.05) is 45.8 Å². The third-order valence-electron chi connectivity index (χ3n) is 2.81. The summed E-state index contributed by atoms with van der Waals surface area (Å²) in [7, 11) is 0. The molecule has 0 saturated carbocycles. The van der Waals surface area contributed by atoms with Gasteiger partial charge >= 0.3 is 0 Å². The van der Waals surface area contributed by atoms with Gasteiger partial charge in [-0.15, -0.1) is 0 Å². The first-order valence-electron chi connectivity index (χ1n) is 6.26. The average Bonchev–Trinajstić information content (AvgIpc) is 2.55. The van der Waals surface area contributed by atoms with Crippen molar-refractivity contribution < 1.29 is 14.4 Å². The van der Waals surface area contributed by atoms with E-state index in [1.165, 1.54) is 4.90 Å². The molecule has 1 aliphatic heterocycles. The van der Waals surface area contributed by atoms with E-state index in [1.807, 2.05) is 0 Å². The fraction of sp³-hybridized carbons (Fsp3) is 0.727. The van der Waals surface area contributed by atoms with Crippen LogP contribution in [0.2, 0.25) is 0 Å². The SMILES string of the molecule is NC(=O)CN(CC(N)=O)CC(=O)N1CCCNCC1. The molecule has 0 aromatic carbocycles. The van der Waals surface area contributed by atoms with Crippen LogP contribution in [0.1, 0.15) is 6.42 Å². The third kappa shape index (κ3) is 6.16. The van der Waals surface area contributed by atoms with Gasteiger partial charge in [0.2, 0.25) is 17.7 Å². The normalized spacial score (nSPS) is 16.2. The van der Waals surface area contributed by atoms with Crippen LogP contribution in [0.3, 0.4) is 0 Å². The zero-order valence-electron chi connectivity index (χ0n) is 10.9. The van der Waals surface area contributed by atoms with Gasteiger partial charge in [-0.1, -0.05) is 0 Å². The number of amides is 3. The zero-order valence-corrected chi connectivity index (χ0v) is 10.9. The van der Waals surface area contributed by atoms with E-state index >= 15 is 0 Å². The smallest absolute Gasteiger partial charge is 0.236 e. The second-order valence-electron chi connectivity index (χ2n) is 4.56.